The third kappa shape index (κ3) is 4.12. The summed E-state index contributed by atoms with van der Waals surface area (Å²) in [7, 11) is 0. The largest absolute Gasteiger partial charge is 0.476 e. The normalized spacial score (nSPS) is 35.3. The Morgan fingerprint density at radius 2 is 1.57 bits per heavy atom. The maximum Gasteiger partial charge on any atom is 0.360 e. The zero-order valence-electron chi connectivity index (χ0n) is 21.1. The van der Waals surface area contributed by atoms with E-state index in [1.165, 1.54) is 51.4 Å². The van der Waals surface area contributed by atoms with E-state index in [0.717, 1.165) is 42.0 Å². The molecule has 2 saturated carbocycles. The van der Waals surface area contributed by atoms with Crippen molar-refractivity contribution in [2.75, 3.05) is 0 Å². The van der Waals surface area contributed by atoms with E-state index in [9.17, 15) is 14.7 Å². The quantitative estimate of drug-likeness (QED) is 0.629. The number of piperidine rings is 2. The fourth-order valence-corrected chi connectivity index (χ4v) is 8.51. The van der Waals surface area contributed by atoms with Crippen LogP contribution in [0.2, 0.25) is 0 Å². The van der Waals surface area contributed by atoms with Crippen molar-refractivity contribution < 1.29 is 9.90 Å². The molecule has 2 aromatic rings. The second-order valence-electron chi connectivity index (χ2n) is 12.3. The Bertz CT molecular complexity index is 1150. The maximum absolute atomic E-state index is 13.4. The molecule has 7 atom stereocenters. The summed E-state index contributed by atoms with van der Waals surface area (Å²) in [4.78, 5) is 32.3. The third-order valence-electron chi connectivity index (χ3n) is 9.88. The number of carboxylic acids is 1. The van der Waals surface area contributed by atoms with E-state index >= 15 is 0 Å². The predicted molar refractivity (Wildman–Crippen MR) is 137 cm³/mol. The highest BCUT2D eigenvalue weighted by molar-refractivity contribution is 5.88. The van der Waals surface area contributed by atoms with E-state index in [-0.39, 0.29) is 11.7 Å². The highest BCUT2D eigenvalue weighted by Gasteiger charge is 2.46. The highest BCUT2D eigenvalue weighted by Crippen LogP contribution is 2.49. The Kier molecular flexibility index (Phi) is 5.98. The lowest BCUT2D eigenvalue weighted by Crippen LogP contribution is -2.59. The molecule has 6 heteroatoms. The van der Waals surface area contributed by atoms with Gasteiger partial charge in [0.15, 0.2) is 0 Å². The molecule has 2 aliphatic heterocycles. The smallest absolute Gasteiger partial charge is 0.360 e. The minimum absolute atomic E-state index is 0.0356. The number of fused-ring (bicyclic) bond motifs is 5. The van der Waals surface area contributed by atoms with Crippen LogP contribution < -0.4 is 5.56 Å². The average molecular weight is 478 g/mol. The molecular formula is C29H39N3O3. The highest BCUT2D eigenvalue weighted by atomic mass is 16.4. The van der Waals surface area contributed by atoms with Crippen LogP contribution >= 0.6 is 0 Å². The van der Waals surface area contributed by atoms with Gasteiger partial charge in [0, 0.05) is 24.2 Å². The molecule has 1 aromatic heterocycles. The fraction of sp³-hybridized carbons (Fsp3) is 0.690. The molecule has 2 aliphatic carbocycles. The van der Waals surface area contributed by atoms with Gasteiger partial charge in [-0.3, -0.25) is 9.69 Å². The van der Waals surface area contributed by atoms with E-state index in [2.05, 4.69) is 23.7 Å². The van der Waals surface area contributed by atoms with Crippen LogP contribution in [0, 0.1) is 23.7 Å². The molecule has 4 bridgehead atoms. The fourth-order valence-electron chi connectivity index (χ4n) is 8.51. The Balaban J connectivity index is 1.29. The minimum atomic E-state index is -1.24. The minimum Gasteiger partial charge on any atom is -0.476 e. The second-order valence-corrected chi connectivity index (χ2v) is 12.3. The first-order valence-electron chi connectivity index (χ1n) is 13.9. The topological polar surface area (TPSA) is 75.4 Å². The number of aromatic carboxylic acids is 1. The first-order valence-corrected chi connectivity index (χ1v) is 13.9. The van der Waals surface area contributed by atoms with E-state index in [4.69, 9.17) is 0 Å². The van der Waals surface area contributed by atoms with Gasteiger partial charge < -0.3 is 9.67 Å². The van der Waals surface area contributed by atoms with E-state index in [0.29, 0.717) is 23.6 Å². The lowest BCUT2D eigenvalue weighted by atomic mass is 9.63. The molecule has 6 nitrogen and oxygen atoms in total. The van der Waals surface area contributed by atoms with Crippen molar-refractivity contribution in [2.45, 2.75) is 102 Å². The van der Waals surface area contributed by atoms with E-state index < -0.39 is 11.5 Å². The molecule has 188 valence electrons. The molecule has 35 heavy (non-hydrogen) atoms. The summed E-state index contributed by atoms with van der Waals surface area (Å²) < 4.78 is 1.79. The number of carbonyl (C=O) groups is 1. The summed E-state index contributed by atoms with van der Waals surface area (Å²) in [5.41, 5.74) is 0.568. The summed E-state index contributed by atoms with van der Waals surface area (Å²) in [6.45, 7) is 4.80. The number of hydrogen-bond acceptors (Lipinski definition) is 4. The molecule has 1 aromatic carbocycles. The van der Waals surface area contributed by atoms with Crippen molar-refractivity contribution >= 4 is 17.0 Å². The van der Waals surface area contributed by atoms with Crippen molar-refractivity contribution in [1.82, 2.24) is 14.5 Å². The van der Waals surface area contributed by atoms with Crippen LogP contribution in [-0.4, -0.2) is 43.7 Å². The van der Waals surface area contributed by atoms with Crippen molar-refractivity contribution in [2.24, 2.45) is 23.7 Å². The Morgan fingerprint density at radius 3 is 2.20 bits per heavy atom. The average Bonchev–Trinajstić information content (AvgIpc) is 2.82. The van der Waals surface area contributed by atoms with Gasteiger partial charge in [-0.15, -0.1) is 0 Å². The van der Waals surface area contributed by atoms with Crippen LogP contribution in [0.5, 0.6) is 0 Å². The summed E-state index contributed by atoms with van der Waals surface area (Å²) in [5, 5.41) is 9.67. The van der Waals surface area contributed by atoms with E-state index in [1.807, 2.05) is 24.3 Å². The molecule has 0 amide bonds. The molecular weight excluding hydrogens is 438 g/mol. The molecule has 4 aliphatic rings. The van der Waals surface area contributed by atoms with Gasteiger partial charge in [0.25, 0.3) is 5.56 Å². The molecule has 0 unspecified atom stereocenters. The van der Waals surface area contributed by atoms with Gasteiger partial charge in [-0.05, 0) is 93.6 Å². The Morgan fingerprint density at radius 1 is 0.914 bits per heavy atom. The zero-order chi connectivity index (χ0) is 24.3. The standard InChI is InChI=1S/C29H39N3O3/c1-17(2)20-11-18-10-19(12-20)14-23(13-18)31-21-6-5-7-22(31)16-24(15-21)32-26-9-4-3-8-25(26)30-27(28(32)33)29(34)35/h3-4,8-9,17-24H,5-7,10-16H2,1-2H3,(H,34,35)/t18-,19+,20+,21-,22+,23-,24+. The van der Waals surface area contributed by atoms with Gasteiger partial charge in [0.2, 0.25) is 5.69 Å². The number of rotatable bonds is 4. The summed E-state index contributed by atoms with van der Waals surface area (Å²) >= 11 is 0. The molecule has 6 rings (SSSR count). The van der Waals surface area contributed by atoms with Crippen molar-refractivity contribution in [3.8, 4) is 0 Å². The molecule has 3 heterocycles. The SMILES string of the molecule is CC(C)[C@H]1C[C@H]2C[C@@H](C1)C[C@H](N1[C@@H]3CCC[C@H]1C[C@@H](n1c(=O)c(C(=O)O)nc4ccccc41)C3)C2. The van der Waals surface area contributed by atoms with Gasteiger partial charge in [0.05, 0.1) is 11.0 Å². The third-order valence-corrected chi connectivity index (χ3v) is 9.88. The lowest BCUT2D eigenvalue weighted by molar-refractivity contribution is -0.0554. The van der Waals surface area contributed by atoms with Crippen LogP contribution in [0.25, 0.3) is 11.0 Å². The van der Waals surface area contributed by atoms with Crippen LogP contribution in [0.15, 0.2) is 29.1 Å². The summed E-state index contributed by atoms with van der Waals surface area (Å²) in [5.74, 6) is 2.23. The molecule has 0 spiro atoms. The number of hydrogen-bond donors (Lipinski definition) is 1. The second kappa shape index (κ2) is 9.02. The molecule has 0 radical (unpaired) electrons. The first-order chi connectivity index (χ1) is 16.9. The van der Waals surface area contributed by atoms with E-state index in [1.54, 1.807) is 4.57 Å². The van der Waals surface area contributed by atoms with Crippen LogP contribution in [0.3, 0.4) is 0 Å². The summed E-state index contributed by atoms with van der Waals surface area (Å²) in [6.07, 6.45) is 12.5. The number of benzene rings is 1. The van der Waals surface area contributed by atoms with Gasteiger partial charge >= 0.3 is 5.97 Å². The Hall–Kier alpha value is -2.21. The van der Waals surface area contributed by atoms with Gasteiger partial charge in [0.1, 0.15) is 0 Å². The molecule has 2 saturated heterocycles. The number of carboxylic acid groups (broad SMARTS) is 1. The number of nitrogens with zero attached hydrogens (tertiary/aromatic N) is 3. The molecule has 4 fully saturated rings. The number of para-hydroxylation sites is 2. The molecule has 1 N–H and O–H groups in total. The maximum atomic E-state index is 13.4. The van der Waals surface area contributed by atoms with Crippen LogP contribution in [0.1, 0.15) is 94.6 Å². The monoisotopic (exact) mass is 477 g/mol. The van der Waals surface area contributed by atoms with Crippen molar-refractivity contribution in [3.63, 3.8) is 0 Å². The predicted octanol–water partition coefficient (Wildman–Crippen LogP) is 5.50. The first kappa shape index (κ1) is 23.2. The van der Waals surface area contributed by atoms with Gasteiger partial charge in [-0.2, -0.15) is 0 Å². The zero-order valence-corrected chi connectivity index (χ0v) is 21.1. The van der Waals surface area contributed by atoms with Gasteiger partial charge in [-0.25, -0.2) is 9.78 Å². The van der Waals surface area contributed by atoms with Crippen LogP contribution in [0.4, 0.5) is 0 Å². The summed E-state index contributed by atoms with van der Waals surface area (Å²) in [6, 6.07) is 9.22. The van der Waals surface area contributed by atoms with Gasteiger partial charge in [-0.1, -0.05) is 32.4 Å². The van der Waals surface area contributed by atoms with Crippen molar-refractivity contribution in [1.29, 1.82) is 0 Å². The van der Waals surface area contributed by atoms with Crippen LogP contribution in [-0.2, 0) is 0 Å². The number of aromatic nitrogens is 2. The Labute approximate surface area is 207 Å². The lowest BCUT2D eigenvalue weighted by Gasteiger charge is -2.56. The van der Waals surface area contributed by atoms with Crippen molar-refractivity contribution in [3.05, 3.63) is 40.3 Å².